The molecule has 0 spiro atoms. The smallest absolute Gasteiger partial charge is 0.350 e. The quantitative estimate of drug-likeness (QED) is 0.553. The van der Waals surface area contributed by atoms with Crippen LogP contribution in [0.1, 0.15) is 9.67 Å². The molecule has 24 heavy (non-hydrogen) atoms. The first-order valence-corrected chi connectivity index (χ1v) is 7.76. The zero-order valence-electron chi connectivity index (χ0n) is 13.0. The molecule has 0 fully saturated rings. The van der Waals surface area contributed by atoms with Crippen molar-refractivity contribution < 1.29 is 14.3 Å². The van der Waals surface area contributed by atoms with Gasteiger partial charge in [-0.2, -0.15) is 0 Å². The number of esters is 1. The van der Waals surface area contributed by atoms with E-state index in [2.05, 4.69) is 0 Å². The summed E-state index contributed by atoms with van der Waals surface area (Å²) in [5.74, 6) is 5.96. The number of anilines is 1. The number of fused-ring (bicyclic) bond motifs is 1. The highest BCUT2D eigenvalue weighted by molar-refractivity contribution is 7.21. The normalized spacial score (nSPS) is 10.8. The van der Waals surface area contributed by atoms with Crippen molar-refractivity contribution in [1.82, 2.24) is 4.68 Å². The molecular formula is C16H15N3O4S. The van der Waals surface area contributed by atoms with Crippen LogP contribution >= 0.6 is 11.3 Å². The van der Waals surface area contributed by atoms with E-state index in [9.17, 15) is 9.59 Å². The maximum Gasteiger partial charge on any atom is 0.350 e. The van der Waals surface area contributed by atoms with Gasteiger partial charge >= 0.3 is 5.97 Å². The minimum atomic E-state index is -0.587. The van der Waals surface area contributed by atoms with Gasteiger partial charge in [-0.1, -0.05) is 12.1 Å². The average Bonchev–Trinajstić information content (AvgIpc) is 2.94. The number of nitrogens with zero attached hydrogens (tertiary/aromatic N) is 1. The van der Waals surface area contributed by atoms with Gasteiger partial charge in [0.25, 0.3) is 5.56 Å². The summed E-state index contributed by atoms with van der Waals surface area (Å²) in [4.78, 5) is 24.6. The van der Waals surface area contributed by atoms with Gasteiger partial charge in [0.05, 0.1) is 31.0 Å². The predicted octanol–water partition coefficient (Wildman–Crippen LogP) is 1.82. The van der Waals surface area contributed by atoms with E-state index in [0.717, 1.165) is 16.0 Å². The van der Waals surface area contributed by atoms with Gasteiger partial charge in [-0.15, -0.1) is 11.3 Å². The number of carbonyl (C=O) groups is 1. The van der Waals surface area contributed by atoms with Gasteiger partial charge in [-0.3, -0.25) is 4.79 Å². The maximum atomic E-state index is 12.6. The summed E-state index contributed by atoms with van der Waals surface area (Å²) in [5, 5.41) is 0.210. The Kier molecular flexibility index (Phi) is 3.90. The van der Waals surface area contributed by atoms with Crippen LogP contribution in [0.4, 0.5) is 5.69 Å². The summed E-state index contributed by atoms with van der Waals surface area (Å²) in [6.07, 6.45) is 0. The number of para-hydroxylation sites is 1. The van der Waals surface area contributed by atoms with Crippen molar-refractivity contribution in [1.29, 1.82) is 0 Å². The summed E-state index contributed by atoms with van der Waals surface area (Å²) in [6.45, 7) is 0. The molecule has 0 aliphatic carbocycles. The monoisotopic (exact) mass is 345 g/mol. The molecule has 1 aromatic carbocycles. The Hall–Kier alpha value is -3.00. The van der Waals surface area contributed by atoms with Gasteiger partial charge < -0.3 is 21.1 Å². The molecule has 8 heteroatoms. The Labute approximate surface area is 141 Å². The largest absolute Gasteiger partial charge is 0.496 e. The van der Waals surface area contributed by atoms with E-state index in [-0.39, 0.29) is 16.0 Å². The topological polar surface area (TPSA) is 110 Å². The van der Waals surface area contributed by atoms with Gasteiger partial charge in [0, 0.05) is 10.3 Å². The van der Waals surface area contributed by atoms with Crippen molar-refractivity contribution in [2.45, 2.75) is 0 Å². The summed E-state index contributed by atoms with van der Waals surface area (Å²) >= 11 is 1.09. The molecular weight excluding hydrogens is 330 g/mol. The molecule has 3 aromatic rings. The van der Waals surface area contributed by atoms with Gasteiger partial charge in [-0.05, 0) is 18.2 Å². The lowest BCUT2D eigenvalue weighted by molar-refractivity contribution is 0.0607. The van der Waals surface area contributed by atoms with Crippen LogP contribution in [-0.2, 0) is 4.74 Å². The highest BCUT2D eigenvalue weighted by atomic mass is 32.1. The van der Waals surface area contributed by atoms with Gasteiger partial charge in [0.2, 0.25) is 0 Å². The van der Waals surface area contributed by atoms with E-state index in [1.165, 1.54) is 14.2 Å². The second-order valence-electron chi connectivity index (χ2n) is 4.98. The number of methoxy groups -OCH3 is 2. The fraction of sp³-hybridized carbons (Fsp3) is 0.125. The van der Waals surface area contributed by atoms with Crippen molar-refractivity contribution >= 4 is 33.1 Å². The lowest BCUT2D eigenvalue weighted by atomic mass is 10.1. The fourth-order valence-electron chi connectivity index (χ4n) is 2.52. The molecule has 0 radical (unpaired) electrons. The highest BCUT2D eigenvalue weighted by Gasteiger charge is 2.22. The Bertz CT molecular complexity index is 1010. The number of carbonyl (C=O) groups excluding carboxylic acids is 1. The molecule has 2 aromatic heterocycles. The third-order valence-corrected chi connectivity index (χ3v) is 4.82. The maximum absolute atomic E-state index is 12.6. The zero-order chi connectivity index (χ0) is 17.4. The molecule has 0 aliphatic heterocycles. The number of hydrogen-bond acceptors (Lipinski definition) is 7. The minimum Gasteiger partial charge on any atom is -0.496 e. The average molecular weight is 345 g/mol. The van der Waals surface area contributed by atoms with Crippen molar-refractivity contribution in [2.75, 3.05) is 25.8 Å². The number of pyridine rings is 1. The summed E-state index contributed by atoms with van der Waals surface area (Å²) in [6, 6.07) is 8.91. The number of rotatable bonds is 3. The SMILES string of the molecule is COC(=O)c1sc2cc(-c3ccccc3OC)n(N)c(=O)c2c1N. The number of hydrogen-bond donors (Lipinski definition) is 2. The second-order valence-corrected chi connectivity index (χ2v) is 6.03. The Balaban J connectivity index is 2.35. The lowest BCUT2D eigenvalue weighted by Gasteiger charge is -2.12. The van der Waals surface area contributed by atoms with Crippen LogP contribution in [0.5, 0.6) is 5.75 Å². The number of benzene rings is 1. The summed E-state index contributed by atoms with van der Waals surface area (Å²) < 4.78 is 11.6. The molecule has 124 valence electrons. The van der Waals surface area contributed by atoms with E-state index in [1.54, 1.807) is 18.2 Å². The number of nitrogens with two attached hydrogens (primary N) is 2. The van der Waals surface area contributed by atoms with Crippen molar-refractivity contribution in [3.05, 3.63) is 45.6 Å². The lowest BCUT2D eigenvalue weighted by Crippen LogP contribution is -2.28. The number of thiophene rings is 1. The molecule has 0 unspecified atom stereocenters. The van der Waals surface area contributed by atoms with Crippen LogP contribution in [0.3, 0.4) is 0 Å². The Morgan fingerprint density at radius 2 is 1.96 bits per heavy atom. The minimum absolute atomic E-state index is 0.0811. The van der Waals surface area contributed by atoms with Crippen LogP contribution in [0.2, 0.25) is 0 Å². The zero-order valence-corrected chi connectivity index (χ0v) is 13.8. The van der Waals surface area contributed by atoms with Crippen molar-refractivity contribution in [3.63, 3.8) is 0 Å². The van der Waals surface area contributed by atoms with Crippen LogP contribution in [0.15, 0.2) is 35.1 Å². The molecule has 0 amide bonds. The van der Waals surface area contributed by atoms with Crippen molar-refractivity contribution in [2.24, 2.45) is 0 Å². The number of ether oxygens (including phenoxy) is 2. The highest BCUT2D eigenvalue weighted by Crippen LogP contribution is 2.36. The first-order chi connectivity index (χ1) is 11.5. The van der Waals surface area contributed by atoms with Crippen LogP contribution in [0.25, 0.3) is 21.3 Å². The molecule has 0 aliphatic rings. The van der Waals surface area contributed by atoms with E-state index in [1.807, 2.05) is 12.1 Å². The third kappa shape index (κ3) is 2.28. The fourth-order valence-corrected chi connectivity index (χ4v) is 3.58. The van der Waals surface area contributed by atoms with E-state index in [0.29, 0.717) is 21.7 Å². The first kappa shape index (κ1) is 15.9. The standard InChI is InChI=1S/C16H15N3O4S/c1-22-10-6-4-3-5-8(10)9-7-11-12(15(20)19(9)18)13(17)14(24-11)16(21)23-2/h3-7H,17-18H2,1-2H3. The van der Waals surface area contributed by atoms with E-state index in [4.69, 9.17) is 21.1 Å². The van der Waals surface area contributed by atoms with Gasteiger partial charge in [0.15, 0.2) is 0 Å². The molecule has 0 atom stereocenters. The second kappa shape index (κ2) is 5.89. The molecule has 0 saturated heterocycles. The predicted molar refractivity (Wildman–Crippen MR) is 94.0 cm³/mol. The number of aromatic nitrogens is 1. The first-order valence-electron chi connectivity index (χ1n) is 6.94. The van der Waals surface area contributed by atoms with Gasteiger partial charge in [0.1, 0.15) is 10.6 Å². The van der Waals surface area contributed by atoms with Crippen molar-refractivity contribution in [3.8, 4) is 17.0 Å². The number of nitrogen functional groups attached to an aromatic ring is 2. The van der Waals surface area contributed by atoms with Crippen LogP contribution in [0, 0.1) is 0 Å². The summed E-state index contributed by atoms with van der Waals surface area (Å²) in [7, 11) is 2.79. The molecule has 0 bridgehead atoms. The van der Waals surface area contributed by atoms with E-state index < -0.39 is 11.5 Å². The Morgan fingerprint density at radius 3 is 2.62 bits per heavy atom. The van der Waals surface area contributed by atoms with Crippen LogP contribution in [-0.4, -0.2) is 24.9 Å². The Morgan fingerprint density at radius 1 is 1.25 bits per heavy atom. The molecule has 4 N–H and O–H groups in total. The van der Waals surface area contributed by atoms with Crippen LogP contribution < -0.4 is 21.9 Å². The van der Waals surface area contributed by atoms with Gasteiger partial charge in [-0.25, -0.2) is 9.47 Å². The summed E-state index contributed by atoms with van der Waals surface area (Å²) in [5.41, 5.74) is 6.66. The molecule has 0 saturated carbocycles. The molecule has 2 heterocycles. The third-order valence-electron chi connectivity index (χ3n) is 3.69. The van der Waals surface area contributed by atoms with E-state index >= 15 is 0 Å². The molecule has 7 nitrogen and oxygen atoms in total. The molecule has 3 rings (SSSR count).